The van der Waals surface area contributed by atoms with Crippen LogP contribution in [0.4, 0.5) is 17.5 Å². The molecule has 0 bridgehead atoms. The van der Waals surface area contributed by atoms with Crippen LogP contribution < -0.4 is 10.6 Å². The quantitative estimate of drug-likeness (QED) is 0.558. The van der Waals surface area contributed by atoms with Crippen molar-refractivity contribution in [2.45, 2.75) is 0 Å². The molecule has 1 fully saturated rings. The fraction of sp³-hybridized carbons (Fsp3) is 0.556. The van der Waals surface area contributed by atoms with Crippen LogP contribution in [0, 0.1) is 10.1 Å². The van der Waals surface area contributed by atoms with Crippen LogP contribution in [0.15, 0.2) is 6.20 Å². The van der Waals surface area contributed by atoms with E-state index in [-0.39, 0.29) is 11.6 Å². The molecule has 17 heavy (non-hydrogen) atoms. The predicted octanol–water partition coefficient (Wildman–Crippen LogP) is -0.281. The molecular formula is C9H14N6O2. The molecule has 1 aliphatic rings. The molecule has 8 nitrogen and oxygen atoms in total. The van der Waals surface area contributed by atoms with E-state index in [1.165, 1.54) is 0 Å². The smallest absolute Gasteiger partial charge is 0.329 e. The van der Waals surface area contributed by atoms with Crippen LogP contribution in [0.2, 0.25) is 0 Å². The molecular weight excluding hydrogens is 224 g/mol. The summed E-state index contributed by atoms with van der Waals surface area (Å²) in [6.45, 7) is 3.10. The van der Waals surface area contributed by atoms with Crippen LogP contribution in [0.25, 0.3) is 0 Å². The first-order valence-electron chi connectivity index (χ1n) is 5.28. The van der Waals surface area contributed by atoms with Crippen LogP contribution in [-0.4, -0.2) is 53.0 Å². The van der Waals surface area contributed by atoms with Gasteiger partial charge in [0.05, 0.1) is 4.92 Å². The van der Waals surface area contributed by atoms with Gasteiger partial charge in [0, 0.05) is 26.2 Å². The molecule has 1 saturated heterocycles. The Bertz CT molecular complexity index is 429. The number of likely N-dealkylation sites (N-methyl/N-ethyl adjacent to an activating group) is 1. The molecule has 0 aromatic carbocycles. The average Bonchev–Trinajstić information content (AvgIpc) is 2.29. The molecule has 1 aromatic heterocycles. The van der Waals surface area contributed by atoms with Crippen molar-refractivity contribution in [1.29, 1.82) is 0 Å². The molecule has 0 amide bonds. The third-order valence-electron chi connectivity index (χ3n) is 2.77. The first-order valence-corrected chi connectivity index (χ1v) is 5.28. The Morgan fingerprint density at radius 3 is 2.65 bits per heavy atom. The summed E-state index contributed by atoms with van der Waals surface area (Å²) in [5.74, 6) is 0.375. The van der Waals surface area contributed by atoms with Crippen molar-refractivity contribution in [1.82, 2.24) is 14.9 Å². The van der Waals surface area contributed by atoms with E-state index in [2.05, 4.69) is 14.9 Å². The first-order chi connectivity index (χ1) is 8.08. The van der Waals surface area contributed by atoms with Gasteiger partial charge >= 0.3 is 5.69 Å². The number of nitro groups is 1. The lowest BCUT2D eigenvalue weighted by atomic mass is 10.3. The van der Waals surface area contributed by atoms with Crippen LogP contribution in [0.3, 0.4) is 0 Å². The van der Waals surface area contributed by atoms with Crippen LogP contribution >= 0.6 is 0 Å². The highest BCUT2D eigenvalue weighted by Crippen LogP contribution is 2.25. The maximum Gasteiger partial charge on any atom is 0.329 e. The van der Waals surface area contributed by atoms with E-state index in [1.807, 2.05) is 11.9 Å². The van der Waals surface area contributed by atoms with E-state index < -0.39 is 4.92 Å². The van der Waals surface area contributed by atoms with Gasteiger partial charge in [0.25, 0.3) is 0 Å². The van der Waals surface area contributed by atoms with Crippen molar-refractivity contribution >= 4 is 17.5 Å². The van der Waals surface area contributed by atoms with Crippen molar-refractivity contribution < 1.29 is 4.92 Å². The summed E-state index contributed by atoms with van der Waals surface area (Å²) < 4.78 is 0. The molecule has 0 radical (unpaired) electrons. The van der Waals surface area contributed by atoms with Gasteiger partial charge in [-0.05, 0) is 7.05 Å². The lowest BCUT2D eigenvalue weighted by Gasteiger charge is -2.32. The van der Waals surface area contributed by atoms with Crippen molar-refractivity contribution in [3.05, 3.63) is 16.3 Å². The average molecular weight is 238 g/mol. The number of anilines is 2. The first kappa shape index (κ1) is 11.5. The number of nitrogen functional groups attached to an aromatic ring is 1. The molecule has 0 saturated carbocycles. The summed E-state index contributed by atoms with van der Waals surface area (Å²) in [4.78, 5) is 22.1. The maximum atomic E-state index is 10.9. The van der Waals surface area contributed by atoms with E-state index in [9.17, 15) is 10.1 Å². The van der Waals surface area contributed by atoms with Crippen LogP contribution in [-0.2, 0) is 0 Å². The Labute approximate surface area is 98.2 Å². The molecule has 92 valence electrons. The predicted molar refractivity (Wildman–Crippen MR) is 62.8 cm³/mol. The van der Waals surface area contributed by atoms with Crippen molar-refractivity contribution in [2.75, 3.05) is 43.9 Å². The largest absolute Gasteiger partial charge is 0.368 e. The molecule has 0 atom stereocenters. The SMILES string of the molecule is CN1CCN(c2nc(N)ncc2[N+](=O)[O-])CC1. The van der Waals surface area contributed by atoms with Crippen molar-refractivity contribution in [3.8, 4) is 0 Å². The van der Waals surface area contributed by atoms with Gasteiger partial charge in [-0.15, -0.1) is 0 Å². The normalized spacial score (nSPS) is 17.1. The van der Waals surface area contributed by atoms with E-state index in [0.29, 0.717) is 18.9 Å². The fourth-order valence-electron chi connectivity index (χ4n) is 1.76. The van der Waals surface area contributed by atoms with Gasteiger partial charge in [-0.3, -0.25) is 10.1 Å². The third kappa shape index (κ3) is 2.41. The Morgan fingerprint density at radius 2 is 2.06 bits per heavy atom. The highest BCUT2D eigenvalue weighted by Gasteiger charge is 2.24. The molecule has 8 heteroatoms. The number of piperazine rings is 1. The zero-order valence-electron chi connectivity index (χ0n) is 9.54. The van der Waals surface area contributed by atoms with Gasteiger partial charge in [0.1, 0.15) is 6.20 Å². The summed E-state index contributed by atoms with van der Waals surface area (Å²) >= 11 is 0. The van der Waals surface area contributed by atoms with Gasteiger partial charge in [0.2, 0.25) is 11.8 Å². The summed E-state index contributed by atoms with van der Waals surface area (Å²) in [5, 5.41) is 10.9. The third-order valence-corrected chi connectivity index (χ3v) is 2.77. The Hall–Kier alpha value is -1.96. The second-order valence-electron chi connectivity index (χ2n) is 3.98. The number of rotatable bonds is 2. The molecule has 0 spiro atoms. The second kappa shape index (κ2) is 4.50. The summed E-state index contributed by atoms with van der Waals surface area (Å²) in [7, 11) is 2.01. The van der Waals surface area contributed by atoms with Crippen molar-refractivity contribution in [3.63, 3.8) is 0 Å². The second-order valence-corrected chi connectivity index (χ2v) is 3.98. The lowest BCUT2D eigenvalue weighted by Crippen LogP contribution is -2.45. The number of nitrogens with zero attached hydrogens (tertiary/aromatic N) is 5. The van der Waals surface area contributed by atoms with Gasteiger partial charge in [0.15, 0.2) is 0 Å². The molecule has 2 N–H and O–H groups in total. The van der Waals surface area contributed by atoms with E-state index in [4.69, 9.17) is 5.73 Å². The molecule has 0 unspecified atom stereocenters. The standard InChI is InChI=1S/C9H14N6O2/c1-13-2-4-14(5-3-13)8-7(15(16)17)6-11-9(10)12-8/h6H,2-5H2,1H3,(H2,10,11,12). The minimum Gasteiger partial charge on any atom is -0.368 e. The number of aromatic nitrogens is 2. The Morgan fingerprint density at radius 1 is 1.41 bits per heavy atom. The number of hydrogen-bond acceptors (Lipinski definition) is 7. The zero-order valence-corrected chi connectivity index (χ0v) is 9.54. The minimum absolute atomic E-state index is 0.0597. The summed E-state index contributed by atoms with van der Waals surface area (Å²) in [6.07, 6.45) is 1.16. The van der Waals surface area contributed by atoms with Crippen LogP contribution in [0.1, 0.15) is 0 Å². The minimum atomic E-state index is -0.479. The van der Waals surface area contributed by atoms with E-state index >= 15 is 0 Å². The Balaban J connectivity index is 2.30. The monoisotopic (exact) mass is 238 g/mol. The Kier molecular flexibility index (Phi) is 3.05. The van der Waals surface area contributed by atoms with Gasteiger partial charge in [-0.2, -0.15) is 4.98 Å². The molecule has 2 heterocycles. The van der Waals surface area contributed by atoms with Gasteiger partial charge in [-0.1, -0.05) is 0 Å². The maximum absolute atomic E-state index is 10.9. The summed E-state index contributed by atoms with van der Waals surface area (Å²) in [5.41, 5.74) is 5.39. The van der Waals surface area contributed by atoms with E-state index in [0.717, 1.165) is 19.3 Å². The highest BCUT2D eigenvalue weighted by atomic mass is 16.6. The highest BCUT2D eigenvalue weighted by molar-refractivity contribution is 5.58. The van der Waals surface area contributed by atoms with Gasteiger partial charge in [-0.25, -0.2) is 4.98 Å². The zero-order chi connectivity index (χ0) is 12.4. The van der Waals surface area contributed by atoms with Crippen molar-refractivity contribution in [2.24, 2.45) is 0 Å². The summed E-state index contributed by atoms with van der Waals surface area (Å²) in [6, 6.07) is 0. The lowest BCUT2D eigenvalue weighted by molar-refractivity contribution is -0.384. The number of nitrogens with two attached hydrogens (primary N) is 1. The molecule has 2 rings (SSSR count). The van der Waals surface area contributed by atoms with Gasteiger partial charge < -0.3 is 15.5 Å². The fourth-order valence-corrected chi connectivity index (χ4v) is 1.76. The molecule has 1 aromatic rings. The van der Waals surface area contributed by atoms with E-state index in [1.54, 1.807) is 0 Å². The topological polar surface area (TPSA) is 101 Å². The number of hydrogen-bond donors (Lipinski definition) is 1. The molecule has 0 aliphatic carbocycles. The molecule has 1 aliphatic heterocycles. The van der Waals surface area contributed by atoms with Crippen LogP contribution in [0.5, 0.6) is 0 Å².